The molecule has 3 aromatic carbocycles. The van der Waals surface area contributed by atoms with Crippen LogP contribution in [0.2, 0.25) is 0 Å². The fraction of sp³-hybridized carbons (Fsp3) is 0.0435. The van der Waals surface area contributed by atoms with Crippen molar-refractivity contribution in [3.63, 3.8) is 0 Å². The third kappa shape index (κ3) is 4.52. The van der Waals surface area contributed by atoms with Gasteiger partial charge in [-0.1, -0.05) is 24.3 Å². The van der Waals surface area contributed by atoms with Gasteiger partial charge in [-0.25, -0.2) is 5.01 Å². The van der Waals surface area contributed by atoms with E-state index in [1.54, 1.807) is 54.6 Å². The van der Waals surface area contributed by atoms with Gasteiger partial charge in [0.15, 0.2) is 0 Å². The van der Waals surface area contributed by atoms with Crippen molar-refractivity contribution in [3.8, 4) is 5.75 Å². The van der Waals surface area contributed by atoms with Crippen LogP contribution in [0.15, 0.2) is 82.8 Å². The molecule has 1 fully saturated rings. The Bertz CT molecular complexity index is 1230. The number of nitrogens with one attached hydrogen (secondary N) is 1. The molecule has 2 amide bonds. The average Bonchev–Trinajstić information content (AvgIpc) is 3.07. The van der Waals surface area contributed by atoms with Crippen LogP contribution in [0.4, 0.5) is 11.4 Å². The molecule has 8 nitrogen and oxygen atoms in total. The number of carbonyl (C=O) groups excluding carboxylic acids is 2. The topological polar surface area (TPSA) is 102 Å². The summed E-state index contributed by atoms with van der Waals surface area (Å²) in [6, 6.07) is 20.1. The van der Waals surface area contributed by atoms with Crippen molar-refractivity contribution in [2.75, 3.05) is 5.01 Å². The number of non-ortho nitro benzene ring substituents is 1. The van der Waals surface area contributed by atoms with Crippen molar-refractivity contribution >= 4 is 45.2 Å². The Hall–Kier alpha value is -3.98. The van der Waals surface area contributed by atoms with Crippen molar-refractivity contribution in [2.24, 2.45) is 0 Å². The molecule has 160 valence electrons. The van der Waals surface area contributed by atoms with E-state index in [1.807, 2.05) is 6.07 Å². The maximum atomic E-state index is 12.7. The molecular formula is C23H16BrN3O5. The summed E-state index contributed by atoms with van der Waals surface area (Å²) < 4.78 is 6.41. The van der Waals surface area contributed by atoms with E-state index in [1.165, 1.54) is 23.2 Å². The molecule has 32 heavy (non-hydrogen) atoms. The number of hydrogen-bond donors (Lipinski definition) is 1. The van der Waals surface area contributed by atoms with Gasteiger partial charge in [-0.05, 0) is 69.5 Å². The predicted molar refractivity (Wildman–Crippen MR) is 122 cm³/mol. The molecule has 4 rings (SSSR count). The van der Waals surface area contributed by atoms with Crippen LogP contribution < -0.4 is 15.2 Å². The zero-order valence-corrected chi connectivity index (χ0v) is 18.1. The summed E-state index contributed by atoms with van der Waals surface area (Å²) in [7, 11) is 0. The Morgan fingerprint density at radius 1 is 1.03 bits per heavy atom. The van der Waals surface area contributed by atoms with E-state index < -0.39 is 16.7 Å². The van der Waals surface area contributed by atoms with Crippen molar-refractivity contribution in [1.82, 2.24) is 5.43 Å². The molecule has 0 bridgehead atoms. The molecule has 0 saturated carbocycles. The second kappa shape index (κ2) is 9.03. The molecule has 3 aromatic rings. The lowest BCUT2D eigenvalue weighted by atomic mass is 10.1. The van der Waals surface area contributed by atoms with Gasteiger partial charge in [0.1, 0.15) is 17.9 Å². The van der Waals surface area contributed by atoms with Gasteiger partial charge < -0.3 is 4.74 Å². The van der Waals surface area contributed by atoms with Crippen LogP contribution in [0, 0.1) is 10.1 Å². The van der Waals surface area contributed by atoms with Crippen LogP contribution in [0.3, 0.4) is 0 Å². The number of hydrogen-bond acceptors (Lipinski definition) is 5. The number of anilines is 1. The first-order chi connectivity index (χ1) is 15.4. The molecule has 9 heteroatoms. The monoisotopic (exact) mass is 493 g/mol. The number of nitro benzene ring substituents is 1. The SMILES string of the molecule is O=C1NN(c2ccccc2)C(=O)C1=Cc1ccc(OCc2ccc([N+](=O)[O-])cc2)c(Br)c1. The van der Waals surface area contributed by atoms with Gasteiger partial charge in [0, 0.05) is 12.1 Å². The predicted octanol–water partition coefficient (Wildman–Crippen LogP) is 4.40. The van der Waals surface area contributed by atoms with Crippen LogP contribution in [-0.2, 0) is 16.2 Å². The molecule has 0 radical (unpaired) electrons. The average molecular weight is 494 g/mol. The van der Waals surface area contributed by atoms with Gasteiger partial charge in [0.2, 0.25) is 0 Å². The first-order valence-corrected chi connectivity index (χ1v) is 10.3. The highest BCUT2D eigenvalue weighted by Gasteiger charge is 2.34. The van der Waals surface area contributed by atoms with Crippen molar-refractivity contribution < 1.29 is 19.2 Å². The number of ether oxygens (including phenoxy) is 1. The maximum absolute atomic E-state index is 12.7. The van der Waals surface area contributed by atoms with Gasteiger partial charge in [0.05, 0.1) is 15.1 Å². The van der Waals surface area contributed by atoms with Gasteiger partial charge in [-0.2, -0.15) is 0 Å². The molecule has 0 aliphatic carbocycles. The summed E-state index contributed by atoms with van der Waals surface area (Å²) >= 11 is 3.44. The highest BCUT2D eigenvalue weighted by Crippen LogP contribution is 2.29. The maximum Gasteiger partial charge on any atom is 0.282 e. The number of carbonyl (C=O) groups is 2. The summed E-state index contributed by atoms with van der Waals surface area (Å²) in [4.78, 5) is 35.3. The van der Waals surface area contributed by atoms with E-state index in [2.05, 4.69) is 21.4 Å². The molecule has 0 atom stereocenters. The van der Waals surface area contributed by atoms with E-state index in [0.29, 0.717) is 21.5 Å². The highest BCUT2D eigenvalue weighted by atomic mass is 79.9. The number of nitro groups is 1. The minimum atomic E-state index is -0.478. The van der Waals surface area contributed by atoms with Crippen LogP contribution in [0.25, 0.3) is 6.08 Å². The molecule has 1 aliphatic rings. The summed E-state index contributed by atoms with van der Waals surface area (Å²) in [6.45, 7) is 0.226. The first-order valence-electron chi connectivity index (χ1n) is 9.50. The number of halogens is 1. The lowest BCUT2D eigenvalue weighted by Gasteiger charge is -2.13. The quantitative estimate of drug-likeness (QED) is 0.237. The van der Waals surface area contributed by atoms with Crippen molar-refractivity contribution in [1.29, 1.82) is 0 Å². The largest absolute Gasteiger partial charge is 0.488 e. The Labute approximate surface area is 191 Å². The second-order valence-electron chi connectivity index (χ2n) is 6.88. The Balaban J connectivity index is 1.47. The zero-order chi connectivity index (χ0) is 22.7. The third-order valence-electron chi connectivity index (χ3n) is 4.71. The number of para-hydroxylation sites is 1. The number of rotatable bonds is 6. The smallest absolute Gasteiger partial charge is 0.282 e. The van der Waals surface area contributed by atoms with Gasteiger partial charge in [-0.15, -0.1) is 0 Å². The lowest BCUT2D eigenvalue weighted by Crippen LogP contribution is -2.35. The Morgan fingerprint density at radius 3 is 2.41 bits per heavy atom. The highest BCUT2D eigenvalue weighted by molar-refractivity contribution is 9.10. The minimum Gasteiger partial charge on any atom is -0.488 e. The number of nitrogens with zero attached hydrogens (tertiary/aromatic N) is 2. The minimum absolute atomic E-state index is 0.0173. The number of hydrazine groups is 1. The molecule has 0 unspecified atom stereocenters. The van der Waals surface area contributed by atoms with E-state index in [0.717, 1.165) is 5.56 Å². The fourth-order valence-corrected chi connectivity index (χ4v) is 3.59. The molecule has 0 aromatic heterocycles. The molecule has 1 heterocycles. The summed E-state index contributed by atoms with van der Waals surface area (Å²) in [5.41, 5.74) is 4.61. The molecule has 1 N–H and O–H groups in total. The second-order valence-corrected chi connectivity index (χ2v) is 7.73. The van der Waals surface area contributed by atoms with Gasteiger partial charge >= 0.3 is 0 Å². The van der Waals surface area contributed by atoms with Crippen molar-refractivity contribution in [3.05, 3.63) is 104 Å². The number of benzene rings is 3. The lowest BCUT2D eigenvalue weighted by molar-refractivity contribution is -0.384. The van der Waals surface area contributed by atoms with Gasteiger partial charge in [0.25, 0.3) is 17.5 Å². The molecular weight excluding hydrogens is 478 g/mol. The van der Waals surface area contributed by atoms with E-state index in [4.69, 9.17) is 4.74 Å². The summed E-state index contributed by atoms with van der Waals surface area (Å²) in [5, 5.41) is 12.0. The summed E-state index contributed by atoms with van der Waals surface area (Å²) in [6.07, 6.45) is 1.52. The molecule has 0 spiro atoms. The zero-order valence-electron chi connectivity index (χ0n) is 16.5. The van der Waals surface area contributed by atoms with Crippen molar-refractivity contribution in [2.45, 2.75) is 6.61 Å². The Kier molecular flexibility index (Phi) is 6.00. The van der Waals surface area contributed by atoms with E-state index >= 15 is 0 Å². The van der Waals surface area contributed by atoms with E-state index in [9.17, 15) is 19.7 Å². The third-order valence-corrected chi connectivity index (χ3v) is 5.33. The molecule has 1 aliphatic heterocycles. The Morgan fingerprint density at radius 2 is 1.75 bits per heavy atom. The molecule has 1 saturated heterocycles. The van der Waals surface area contributed by atoms with Crippen LogP contribution >= 0.6 is 15.9 Å². The van der Waals surface area contributed by atoms with Crippen LogP contribution in [0.5, 0.6) is 5.75 Å². The van der Waals surface area contributed by atoms with Gasteiger partial charge in [-0.3, -0.25) is 25.1 Å². The standard InChI is InChI=1S/C23H16BrN3O5/c24-20-13-16(8-11-21(20)32-14-15-6-9-18(10-7-15)27(30)31)12-19-22(28)25-26(23(19)29)17-4-2-1-3-5-17/h1-13H,14H2,(H,25,28). The van der Waals surface area contributed by atoms with Crippen LogP contribution in [0.1, 0.15) is 11.1 Å². The first kappa shape index (κ1) is 21.3. The number of amides is 2. The normalized spacial score (nSPS) is 14.5. The van der Waals surface area contributed by atoms with Crippen LogP contribution in [-0.4, -0.2) is 16.7 Å². The fourth-order valence-electron chi connectivity index (χ4n) is 3.08. The summed E-state index contributed by atoms with van der Waals surface area (Å²) in [5.74, 6) is -0.358. The van der Waals surface area contributed by atoms with E-state index in [-0.39, 0.29) is 17.9 Å².